The number of carbonyl (C=O) groups excluding carboxylic acids is 3. The summed E-state index contributed by atoms with van der Waals surface area (Å²) in [6, 6.07) is 18.3. The van der Waals surface area contributed by atoms with Crippen LogP contribution >= 0.6 is 0 Å². The lowest BCUT2D eigenvalue weighted by atomic mass is 9.91. The summed E-state index contributed by atoms with van der Waals surface area (Å²) < 4.78 is 11.1. The van der Waals surface area contributed by atoms with Crippen LogP contribution in [0.25, 0.3) is 6.08 Å². The Morgan fingerprint density at radius 3 is 2.40 bits per heavy atom. The van der Waals surface area contributed by atoms with Crippen LogP contribution < -0.4 is 0 Å². The van der Waals surface area contributed by atoms with E-state index in [2.05, 4.69) is 0 Å². The highest BCUT2D eigenvalue weighted by Crippen LogP contribution is 2.43. The molecule has 0 aromatic heterocycles. The van der Waals surface area contributed by atoms with Crippen LogP contribution in [0.3, 0.4) is 0 Å². The molecule has 0 bridgehead atoms. The molecular formula is C25H22O5. The van der Waals surface area contributed by atoms with Crippen LogP contribution in [0.4, 0.5) is 0 Å². The lowest BCUT2D eigenvalue weighted by molar-refractivity contribution is -0.141. The second-order valence-electron chi connectivity index (χ2n) is 7.52. The first-order valence-electron chi connectivity index (χ1n) is 10.0. The van der Waals surface area contributed by atoms with E-state index >= 15 is 0 Å². The zero-order valence-corrected chi connectivity index (χ0v) is 16.3. The monoisotopic (exact) mass is 402 g/mol. The summed E-state index contributed by atoms with van der Waals surface area (Å²) in [6.07, 6.45) is 6.48. The van der Waals surface area contributed by atoms with Gasteiger partial charge in [-0.2, -0.15) is 0 Å². The summed E-state index contributed by atoms with van der Waals surface area (Å²) >= 11 is 0. The topological polar surface area (TPSA) is 69.7 Å². The van der Waals surface area contributed by atoms with Gasteiger partial charge in [-0.1, -0.05) is 60.7 Å². The maximum atomic E-state index is 12.5. The Labute approximate surface area is 175 Å². The lowest BCUT2D eigenvalue weighted by Gasteiger charge is -2.20. The molecule has 4 rings (SSSR count). The number of allylic oxidation sites excluding steroid dienone is 2. The van der Waals surface area contributed by atoms with E-state index in [0.29, 0.717) is 12.0 Å². The standard InChI is InChI=1S/C25H22O5/c26-19(12-11-17-7-3-1-4-8-17)13-14-20-21-15-24(27)29-23(21)16-22(20)30-25(28)18-9-5-2-6-10-18/h1-14,20-23H,15-16H2/b12-11+,14-13+/t20-,21-,22-,23+/m1/s1. The van der Waals surface area contributed by atoms with E-state index < -0.39 is 12.1 Å². The third-order valence-corrected chi connectivity index (χ3v) is 5.54. The summed E-state index contributed by atoms with van der Waals surface area (Å²) in [6.45, 7) is 0. The Kier molecular flexibility index (Phi) is 5.89. The van der Waals surface area contributed by atoms with Crippen molar-refractivity contribution in [2.45, 2.75) is 25.0 Å². The number of ether oxygens (including phenoxy) is 2. The molecule has 1 saturated carbocycles. The van der Waals surface area contributed by atoms with Crippen molar-refractivity contribution in [1.82, 2.24) is 0 Å². The number of esters is 2. The summed E-state index contributed by atoms with van der Waals surface area (Å²) in [4.78, 5) is 36.5. The first kappa shape index (κ1) is 19.8. The fourth-order valence-corrected chi connectivity index (χ4v) is 4.07. The molecule has 0 N–H and O–H groups in total. The third kappa shape index (κ3) is 4.57. The molecule has 2 aliphatic rings. The van der Waals surface area contributed by atoms with Gasteiger partial charge in [0.25, 0.3) is 0 Å². The van der Waals surface area contributed by atoms with E-state index in [9.17, 15) is 14.4 Å². The van der Waals surface area contributed by atoms with Crippen LogP contribution in [0.5, 0.6) is 0 Å². The number of ketones is 1. The van der Waals surface area contributed by atoms with Gasteiger partial charge in [0.1, 0.15) is 12.2 Å². The Morgan fingerprint density at radius 1 is 0.967 bits per heavy atom. The average molecular weight is 402 g/mol. The molecule has 0 spiro atoms. The molecule has 152 valence electrons. The molecule has 5 nitrogen and oxygen atoms in total. The minimum atomic E-state index is -0.442. The molecule has 2 aromatic rings. The van der Waals surface area contributed by atoms with Crippen molar-refractivity contribution in [1.29, 1.82) is 0 Å². The first-order chi connectivity index (χ1) is 14.6. The van der Waals surface area contributed by atoms with Gasteiger partial charge in [0, 0.05) is 18.3 Å². The lowest BCUT2D eigenvalue weighted by Crippen LogP contribution is -2.24. The summed E-state index contributed by atoms with van der Waals surface area (Å²) in [7, 11) is 0. The van der Waals surface area contributed by atoms with E-state index in [0.717, 1.165) is 5.56 Å². The summed E-state index contributed by atoms with van der Waals surface area (Å²) in [5.41, 5.74) is 1.40. The molecule has 4 atom stereocenters. The normalized spacial score (nSPS) is 25.4. The van der Waals surface area contributed by atoms with Crippen LogP contribution in [0.1, 0.15) is 28.8 Å². The first-order valence-corrected chi connectivity index (χ1v) is 10.0. The van der Waals surface area contributed by atoms with Gasteiger partial charge < -0.3 is 9.47 Å². The molecular weight excluding hydrogens is 380 g/mol. The van der Waals surface area contributed by atoms with Crippen molar-refractivity contribution in [3.63, 3.8) is 0 Å². The van der Waals surface area contributed by atoms with Crippen molar-refractivity contribution in [2.24, 2.45) is 11.8 Å². The highest BCUT2D eigenvalue weighted by atomic mass is 16.6. The van der Waals surface area contributed by atoms with Gasteiger partial charge >= 0.3 is 11.9 Å². The quantitative estimate of drug-likeness (QED) is 0.540. The van der Waals surface area contributed by atoms with Crippen LogP contribution in [0.15, 0.2) is 78.9 Å². The number of carbonyl (C=O) groups is 3. The maximum Gasteiger partial charge on any atom is 0.338 e. The fourth-order valence-electron chi connectivity index (χ4n) is 4.07. The highest BCUT2D eigenvalue weighted by molar-refractivity contribution is 6.02. The van der Waals surface area contributed by atoms with Crippen LogP contribution in [-0.4, -0.2) is 29.9 Å². The Bertz CT molecular complexity index is 977. The van der Waals surface area contributed by atoms with Gasteiger partial charge in [0.05, 0.1) is 12.0 Å². The van der Waals surface area contributed by atoms with E-state index in [-0.39, 0.29) is 36.1 Å². The van der Waals surface area contributed by atoms with Gasteiger partial charge in [0.2, 0.25) is 0 Å². The smallest absolute Gasteiger partial charge is 0.338 e. The molecule has 2 fully saturated rings. The van der Waals surface area contributed by atoms with Crippen molar-refractivity contribution in [3.8, 4) is 0 Å². The molecule has 2 aromatic carbocycles. The average Bonchev–Trinajstić information content (AvgIpc) is 3.27. The zero-order chi connectivity index (χ0) is 20.9. The van der Waals surface area contributed by atoms with Gasteiger partial charge in [-0.05, 0) is 29.8 Å². The van der Waals surface area contributed by atoms with Crippen molar-refractivity contribution < 1.29 is 23.9 Å². The highest BCUT2D eigenvalue weighted by Gasteiger charge is 2.50. The van der Waals surface area contributed by atoms with Gasteiger partial charge in [-0.3, -0.25) is 9.59 Å². The number of fused-ring (bicyclic) bond motifs is 1. The summed E-state index contributed by atoms with van der Waals surface area (Å²) in [5.74, 6) is -1.16. The number of hydrogen-bond donors (Lipinski definition) is 0. The minimum Gasteiger partial charge on any atom is -0.462 e. The van der Waals surface area contributed by atoms with Gasteiger partial charge in [0.15, 0.2) is 5.78 Å². The number of benzene rings is 2. The number of rotatable bonds is 6. The molecule has 1 aliphatic heterocycles. The maximum absolute atomic E-state index is 12.5. The van der Waals surface area contributed by atoms with E-state index in [1.807, 2.05) is 36.4 Å². The largest absolute Gasteiger partial charge is 0.462 e. The van der Waals surface area contributed by atoms with Gasteiger partial charge in [-0.15, -0.1) is 0 Å². The third-order valence-electron chi connectivity index (χ3n) is 5.54. The molecule has 5 heteroatoms. The fraction of sp³-hybridized carbons (Fsp3) is 0.240. The zero-order valence-electron chi connectivity index (χ0n) is 16.3. The van der Waals surface area contributed by atoms with E-state index in [1.54, 1.807) is 36.4 Å². The van der Waals surface area contributed by atoms with Crippen LogP contribution in [-0.2, 0) is 19.1 Å². The van der Waals surface area contributed by atoms with Crippen molar-refractivity contribution in [3.05, 3.63) is 90.0 Å². The van der Waals surface area contributed by atoms with Crippen LogP contribution in [0, 0.1) is 11.8 Å². The predicted octanol–water partition coefficient (Wildman–Crippen LogP) is 4.00. The molecule has 1 heterocycles. The molecule has 0 amide bonds. The predicted molar refractivity (Wildman–Crippen MR) is 111 cm³/mol. The van der Waals surface area contributed by atoms with E-state index in [4.69, 9.17) is 9.47 Å². The molecule has 30 heavy (non-hydrogen) atoms. The minimum absolute atomic E-state index is 0.0896. The Hall–Kier alpha value is -3.47. The number of hydrogen-bond acceptors (Lipinski definition) is 5. The molecule has 0 unspecified atom stereocenters. The van der Waals surface area contributed by atoms with Crippen molar-refractivity contribution >= 4 is 23.8 Å². The Morgan fingerprint density at radius 2 is 1.67 bits per heavy atom. The van der Waals surface area contributed by atoms with E-state index in [1.165, 1.54) is 12.2 Å². The molecule has 1 aliphatic carbocycles. The van der Waals surface area contributed by atoms with Crippen LogP contribution in [0.2, 0.25) is 0 Å². The van der Waals surface area contributed by atoms with Crippen molar-refractivity contribution in [2.75, 3.05) is 0 Å². The second-order valence-corrected chi connectivity index (χ2v) is 7.52. The van der Waals surface area contributed by atoms with Gasteiger partial charge in [-0.25, -0.2) is 4.79 Å². The molecule has 1 saturated heterocycles. The Balaban J connectivity index is 1.46. The SMILES string of the molecule is O=C(/C=C/c1ccccc1)/C=C/[C@@H]1[C@H]2CC(=O)O[C@H]2C[C@H]1OC(=O)c1ccccc1. The summed E-state index contributed by atoms with van der Waals surface area (Å²) in [5, 5.41) is 0. The molecule has 0 radical (unpaired) electrons. The second kappa shape index (κ2) is 8.91.